The summed E-state index contributed by atoms with van der Waals surface area (Å²) in [7, 11) is 0. The molecule has 4 heteroatoms. The van der Waals surface area contributed by atoms with Gasteiger partial charge < -0.3 is 9.64 Å². The first-order valence-electron chi connectivity index (χ1n) is 10.1. The molecule has 0 aromatic heterocycles. The van der Waals surface area contributed by atoms with Gasteiger partial charge in [-0.2, -0.15) is 0 Å². The summed E-state index contributed by atoms with van der Waals surface area (Å²) in [5.41, 5.74) is 1.11. The molecule has 1 amide bonds. The number of amides is 1. The Bertz CT molecular complexity index is 612. The van der Waals surface area contributed by atoms with Gasteiger partial charge in [0.1, 0.15) is 0 Å². The van der Waals surface area contributed by atoms with Gasteiger partial charge in [-0.05, 0) is 61.5 Å². The average molecular weight is 378 g/mol. The van der Waals surface area contributed by atoms with Crippen LogP contribution in [-0.2, 0) is 16.0 Å². The van der Waals surface area contributed by atoms with Gasteiger partial charge in [0.15, 0.2) is 0 Å². The maximum atomic E-state index is 13.1. The molecule has 26 heavy (non-hydrogen) atoms. The Hall–Kier alpha value is -1.06. The van der Waals surface area contributed by atoms with Gasteiger partial charge in [0.25, 0.3) is 0 Å². The molecule has 3 rings (SSSR count). The largest absolute Gasteiger partial charge is 0.378 e. The summed E-state index contributed by atoms with van der Waals surface area (Å²) in [5.74, 6) is 0.784. The number of hydrogen-bond acceptors (Lipinski definition) is 2. The Kier molecular flexibility index (Phi) is 6.63. The molecule has 2 aliphatic rings. The predicted octanol–water partition coefficient (Wildman–Crippen LogP) is 5.11. The van der Waals surface area contributed by atoms with Crippen LogP contribution in [0, 0.1) is 11.3 Å². The zero-order chi connectivity index (χ0) is 18.6. The Morgan fingerprint density at radius 3 is 2.69 bits per heavy atom. The van der Waals surface area contributed by atoms with Crippen LogP contribution >= 0.6 is 11.6 Å². The zero-order valence-corrected chi connectivity index (χ0v) is 16.9. The van der Waals surface area contributed by atoms with Crippen LogP contribution in [0.5, 0.6) is 0 Å². The van der Waals surface area contributed by atoms with E-state index in [0.717, 1.165) is 62.4 Å². The van der Waals surface area contributed by atoms with Crippen LogP contribution in [-0.4, -0.2) is 36.6 Å². The maximum Gasteiger partial charge on any atom is 0.223 e. The highest BCUT2D eigenvalue weighted by molar-refractivity contribution is 6.31. The molecule has 0 radical (unpaired) electrons. The van der Waals surface area contributed by atoms with E-state index in [4.69, 9.17) is 16.3 Å². The Balaban J connectivity index is 1.81. The third-order valence-electron chi connectivity index (χ3n) is 6.10. The van der Waals surface area contributed by atoms with Crippen molar-refractivity contribution in [2.45, 2.75) is 64.9 Å². The molecular weight excluding hydrogens is 346 g/mol. The van der Waals surface area contributed by atoms with Gasteiger partial charge in [0.05, 0.1) is 6.10 Å². The van der Waals surface area contributed by atoms with E-state index in [9.17, 15) is 4.79 Å². The number of piperidine rings is 1. The van der Waals surface area contributed by atoms with Crippen molar-refractivity contribution in [3.63, 3.8) is 0 Å². The highest BCUT2D eigenvalue weighted by Crippen LogP contribution is 2.43. The lowest BCUT2D eigenvalue weighted by molar-refractivity contribution is -0.139. The van der Waals surface area contributed by atoms with Gasteiger partial charge in [-0.25, -0.2) is 0 Å². The highest BCUT2D eigenvalue weighted by Gasteiger charge is 2.41. The minimum absolute atomic E-state index is 0.0489. The van der Waals surface area contributed by atoms with E-state index >= 15 is 0 Å². The third kappa shape index (κ3) is 4.80. The molecule has 0 saturated carbocycles. The smallest absolute Gasteiger partial charge is 0.223 e. The molecule has 2 aliphatic heterocycles. The summed E-state index contributed by atoms with van der Waals surface area (Å²) in [5, 5.41) is 0.810. The fraction of sp³-hybridized carbons (Fsp3) is 0.682. The van der Waals surface area contributed by atoms with Crippen LogP contribution in [0.3, 0.4) is 0 Å². The van der Waals surface area contributed by atoms with Gasteiger partial charge in [-0.1, -0.05) is 43.6 Å². The molecular formula is C22H32ClNO2. The molecule has 0 bridgehead atoms. The van der Waals surface area contributed by atoms with Crippen molar-refractivity contribution < 1.29 is 9.53 Å². The van der Waals surface area contributed by atoms with Crippen LogP contribution in [0.25, 0.3) is 0 Å². The fourth-order valence-corrected chi connectivity index (χ4v) is 4.65. The minimum atomic E-state index is -0.0489. The van der Waals surface area contributed by atoms with Gasteiger partial charge in [0.2, 0.25) is 5.91 Å². The summed E-state index contributed by atoms with van der Waals surface area (Å²) < 4.78 is 6.03. The molecule has 1 aromatic carbocycles. The molecule has 0 N–H and O–H groups in total. The second-order valence-corrected chi connectivity index (χ2v) is 8.90. The number of ether oxygens (including phenoxy) is 1. The van der Waals surface area contributed by atoms with E-state index in [1.165, 1.54) is 6.42 Å². The lowest BCUT2D eigenvalue weighted by atomic mass is 9.69. The number of benzene rings is 1. The van der Waals surface area contributed by atoms with E-state index in [-0.39, 0.29) is 11.5 Å². The maximum absolute atomic E-state index is 13.1. The molecule has 2 unspecified atom stereocenters. The van der Waals surface area contributed by atoms with Crippen LogP contribution in [0.2, 0.25) is 5.02 Å². The zero-order valence-electron chi connectivity index (χ0n) is 16.2. The molecule has 0 aliphatic carbocycles. The number of carbonyl (C=O) groups is 1. The number of halogens is 1. The van der Waals surface area contributed by atoms with Crippen LogP contribution in [0.15, 0.2) is 24.3 Å². The molecule has 3 nitrogen and oxygen atoms in total. The minimum Gasteiger partial charge on any atom is -0.378 e. The average Bonchev–Trinajstić information content (AvgIpc) is 2.64. The summed E-state index contributed by atoms with van der Waals surface area (Å²) in [6.07, 6.45) is 7.10. The van der Waals surface area contributed by atoms with Crippen molar-refractivity contribution in [2.75, 3.05) is 19.7 Å². The monoisotopic (exact) mass is 377 g/mol. The molecule has 2 saturated heterocycles. The highest BCUT2D eigenvalue weighted by atomic mass is 35.5. The molecule has 2 atom stereocenters. The van der Waals surface area contributed by atoms with Gasteiger partial charge in [-0.3, -0.25) is 4.79 Å². The van der Waals surface area contributed by atoms with Crippen molar-refractivity contribution >= 4 is 17.5 Å². The molecule has 2 fully saturated rings. The lowest BCUT2D eigenvalue weighted by Crippen LogP contribution is -2.44. The summed E-state index contributed by atoms with van der Waals surface area (Å²) in [6, 6.07) is 8.07. The fourth-order valence-electron chi connectivity index (χ4n) is 4.45. The Morgan fingerprint density at radius 2 is 2.00 bits per heavy atom. The SMILES string of the molecule is CC(C)C1CC(CC(=O)N2CCCCC2)(Cc2ccccc2Cl)CCO1. The number of nitrogens with zero attached hydrogens (tertiary/aromatic N) is 1. The van der Waals surface area contributed by atoms with Crippen molar-refractivity contribution in [3.8, 4) is 0 Å². The topological polar surface area (TPSA) is 29.5 Å². The first-order chi connectivity index (χ1) is 12.5. The number of hydrogen-bond donors (Lipinski definition) is 0. The van der Waals surface area contributed by atoms with E-state index in [0.29, 0.717) is 18.2 Å². The normalized spacial score (nSPS) is 26.9. The van der Waals surface area contributed by atoms with E-state index in [2.05, 4.69) is 24.8 Å². The van der Waals surface area contributed by atoms with Gasteiger partial charge in [-0.15, -0.1) is 0 Å². The number of carbonyl (C=O) groups excluding carboxylic acids is 1. The van der Waals surface area contributed by atoms with Gasteiger partial charge in [0, 0.05) is 31.1 Å². The third-order valence-corrected chi connectivity index (χ3v) is 6.47. The van der Waals surface area contributed by atoms with Crippen LogP contribution < -0.4 is 0 Å². The van der Waals surface area contributed by atoms with Crippen LogP contribution in [0.1, 0.15) is 57.9 Å². The van der Waals surface area contributed by atoms with Crippen LogP contribution in [0.4, 0.5) is 0 Å². The second-order valence-electron chi connectivity index (χ2n) is 8.49. The summed E-state index contributed by atoms with van der Waals surface area (Å²) >= 11 is 6.46. The van der Waals surface area contributed by atoms with Gasteiger partial charge >= 0.3 is 0 Å². The predicted molar refractivity (Wildman–Crippen MR) is 106 cm³/mol. The quantitative estimate of drug-likeness (QED) is 0.713. The first kappa shape index (κ1) is 19.7. The number of likely N-dealkylation sites (tertiary alicyclic amines) is 1. The second kappa shape index (κ2) is 8.75. The molecule has 1 aromatic rings. The van der Waals surface area contributed by atoms with Crippen molar-refractivity contribution in [3.05, 3.63) is 34.9 Å². The van der Waals surface area contributed by atoms with Crippen molar-refractivity contribution in [2.24, 2.45) is 11.3 Å². The molecule has 0 spiro atoms. The Morgan fingerprint density at radius 1 is 1.27 bits per heavy atom. The molecule has 144 valence electrons. The Labute approximate surface area is 163 Å². The van der Waals surface area contributed by atoms with E-state index in [1.54, 1.807) is 0 Å². The van der Waals surface area contributed by atoms with Crippen molar-refractivity contribution in [1.29, 1.82) is 0 Å². The standard InChI is InChI=1S/C22H32ClNO2/c1-17(2)20-15-22(10-13-26-20,14-18-8-4-5-9-19(18)23)16-21(25)24-11-6-3-7-12-24/h4-5,8-9,17,20H,3,6-7,10-16H2,1-2H3. The van der Waals surface area contributed by atoms with E-state index in [1.807, 2.05) is 18.2 Å². The molecule has 2 heterocycles. The van der Waals surface area contributed by atoms with Crippen molar-refractivity contribution in [1.82, 2.24) is 4.90 Å². The van der Waals surface area contributed by atoms with E-state index < -0.39 is 0 Å². The summed E-state index contributed by atoms with van der Waals surface area (Å²) in [4.78, 5) is 15.2. The summed E-state index contributed by atoms with van der Waals surface area (Å²) in [6.45, 7) is 7.00. The first-order valence-corrected chi connectivity index (χ1v) is 10.5. The lowest BCUT2D eigenvalue weighted by Gasteiger charge is -2.43. The number of rotatable bonds is 5.